The lowest BCUT2D eigenvalue weighted by atomic mass is 10.1. The first kappa shape index (κ1) is 23.8. The van der Waals surface area contributed by atoms with Crippen LogP contribution < -0.4 is 9.47 Å². The maximum Gasteiger partial charge on any atom is 0.283 e. The standard InChI is InChI=1S/C26H28N4O3S/c1-16(2)14-22-29-30-24(27)21(25(31)28-26(30)34-22)15-19-8-10-20(11-9-19)32-12-13-33-23-17(3)6-5-7-18(23)4/h5-11,15-16,27H,12-14H2,1-4H3/b21-15-,27-24?. The number of carbonyl (C=O) groups is 1. The van der Waals surface area contributed by atoms with E-state index in [1.165, 1.54) is 16.8 Å². The lowest BCUT2D eigenvalue weighted by molar-refractivity contribution is -0.114. The van der Waals surface area contributed by atoms with Crippen LogP contribution >= 0.6 is 11.8 Å². The van der Waals surface area contributed by atoms with Crippen molar-refractivity contribution in [1.82, 2.24) is 5.01 Å². The Labute approximate surface area is 204 Å². The van der Waals surface area contributed by atoms with Crippen molar-refractivity contribution in [3.05, 3.63) is 64.7 Å². The van der Waals surface area contributed by atoms with Crippen LogP contribution in [0.1, 0.15) is 37.0 Å². The lowest BCUT2D eigenvalue weighted by Gasteiger charge is -2.20. The molecule has 2 aromatic carbocycles. The quantitative estimate of drug-likeness (QED) is 0.406. The van der Waals surface area contributed by atoms with Crippen LogP contribution in [0.5, 0.6) is 11.5 Å². The van der Waals surface area contributed by atoms with E-state index in [-0.39, 0.29) is 11.4 Å². The second kappa shape index (κ2) is 10.3. The molecule has 0 saturated heterocycles. The van der Waals surface area contributed by atoms with Gasteiger partial charge in [0.2, 0.25) is 5.17 Å². The smallest absolute Gasteiger partial charge is 0.283 e. The van der Waals surface area contributed by atoms with Crippen molar-refractivity contribution in [2.75, 3.05) is 13.2 Å². The molecule has 0 aliphatic carbocycles. The van der Waals surface area contributed by atoms with Crippen LogP contribution in [0.4, 0.5) is 0 Å². The number of benzene rings is 2. The number of fused-ring (bicyclic) bond motifs is 1. The number of hydrogen-bond acceptors (Lipinski definition) is 6. The van der Waals surface area contributed by atoms with Gasteiger partial charge in [0, 0.05) is 6.42 Å². The molecule has 4 rings (SSSR count). The Bertz CT molecular complexity index is 1180. The third kappa shape index (κ3) is 5.39. The number of thioether (sulfide) groups is 1. The maximum atomic E-state index is 12.6. The Balaban J connectivity index is 1.36. The minimum absolute atomic E-state index is 0.0465. The Kier molecular flexibility index (Phi) is 7.17. The molecular formula is C26H28N4O3S. The van der Waals surface area contributed by atoms with Gasteiger partial charge in [-0.05, 0) is 66.4 Å². The number of aliphatic imine (C=N–C) groups is 1. The van der Waals surface area contributed by atoms with Crippen molar-refractivity contribution in [3.63, 3.8) is 0 Å². The molecule has 0 spiro atoms. The summed E-state index contributed by atoms with van der Waals surface area (Å²) in [4.78, 5) is 16.7. The van der Waals surface area contributed by atoms with Crippen LogP contribution in [0.15, 0.2) is 58.1 Å². The van der Waals surface area contributed by atoms with Gasteiger partial charge in [-0.25, -0.2) is 0 Å². The van der Waals surface area contributed by atoms with Crippen LogP contribution in [-0.2, 0) is 4.79 Å². The van der Waals surface area contributed by atoms with Crippen LogP contribution in [-0.4, -0.2) is 40.2 Å². The predicted molar refractivity (Wildman–Crippen MR) is 138 cm³/mol. The number of amides is 1. The molecular weight excluding hydrogens is 448 g/mol. The number of hydrazone groups is 1. The normalized spacial score (nSPS) is 16.6. The highest BCUT2D eigenvalue weighted by molar-refractivity contribution is 8.26. The summed E-state index contributed by atoms with van der Waals surface area (Å²) in [5.74, 6) is 1.66. The van der Waals surface area contributed by atoms with E-state index in [2.05, 4.69) is 23.9 Å². The molecule has 0 aromatic heterocycles. The minimum Gasteiger partial charge on any atom is -0.490 e. The van der Waals surface area contributed by atoms with Crippen LogP contribution in [0.25, 0.3) is 6.08 Å². The molecule has 0 unspecified atom stereocenters. The highest BCUT2D eigenvalue weighted by Gasteiger charge is 2.35. The molecule has 0 fully saturated rings. The Morgan fingerprint density at radius 1 is 1.06 bits per heavy atom. The second-order valence-corrected chi connectivity index (χ2v) is 9.64. The van der Waals surface area contributed by atoms with Crippen molar-refractivity contribution in [2.45, 2.75) is 34.1 Å². The molecule has 0 radical (unpaired) electrons. The molecule has 2 aliphatic rings. The number of para-hydroxylation sites is 1. The summed E-state index contributed by atoms with van der Waals surface area (Å²) >= 11 is 1.36. The molecule has 2 heterocycles. The Morgan fingerprint density at radius 2 is 1.74 bits per heavy atom. The summed E-state index contributed by atoms with van der Waals surface area (Å²) in [5.41, 5.74) is 3.20. The zero-order chi connectivity index (χ0) is 24.2. The zero-order valence-corrected chi connectivity index (χ0v) is 20.6. The van der Waals surface area contributed by atoms with E-state index in [1.807, 2.05) is 56.3 Å². The van der Waals surface area contributed by atoms with E-state index < -0.39 is 5.91 Å². The number of carbonyl (C=O) groups excluding carboxylic acids is 1. The third-order valence-corrected chi connectivity index (χ3v) is 6.21. The summed E-state index contributed by atoms with van der Waals surface area (Å²) in [7, 11) is 0. The monoisotopic (exact) mass is 476 g/mol. The molecule has 0 saturated carbocycles. The van der Waals surface area contributed by atoms with Gasteiger partial charge in [-0.2, -0.15) is 15.1 Å². The zero-order valence-electron chi connectivity index (χ0n) is 19.8. The van der Waals surface area contributed by atoms with Gasteiger partial charge in [0.25, 0.3) is 5.91 Å². The van der Waals surface area contributed by atoms with Gasteiger partial charge in [-0.1, -0.05) is 44.2 Å². The fourth-order valence-corrected chi connectivity index (χ4v) is 4.72. The van der Waals surface area contributed by atoms with Gasteiger partial charge in [-0.3, -0.25) is 10.2 Å². The summed E-state index contributed by atoms with van der Waals surface area (Å²) in [6, 6.07) is 13.4. The molecule has 0 atom stereocenters. The minimum atomic E-state index is -0.422. The summed E-state index contributed by atoms with van der Waals surface area (Å²) in [6.45, 7) is 9.12. The van der Waals surface area contributed by atoms with E-state index in [0.29, 0.717) is 30.0 Å². The van der Waals surface area contributed by atoms with E-state index in [0.717, 1.165) is 33.9 Å². The highest BCUT2D eigenvalue weighted by Crippen LogP contribution is 2.30. The molecule has 1 N–H and O–H groups in total. The van der Waals surface area contributed by atoms with Crippen molar-refractivity contribution in [1.29, 1.82) is 5.41 Å². The first-order chi connectivity index (χ1) is 16.3. The van der Waals surface area contributed by atoms with Crippen molar-refractivity contribution in [3.8, 4) is 11.5 Å². The summed E-state index contributed by atoms with van der Waals surface area (Å²) in [5, 5.41) is 15.7. The van der Waals surface area contributed by atoms with Crippen molar-refractivity contribution >= 4 is 39.8 Å². The molecule has 1 amide bonds. The molecule has 176 valence electrons. The first-order valence-corrected chi connectivity index (χ1v) is 12.0. The Hall–Kier alpha value is -3.39. The van der Waals surface area contributed by atoms with E-state index in [9.17, 15) is 4.79 Å². The summed E-state index contributed by atoms with van der Waals surface area (Å²) < 4.78 is 11.7. The molecule has 0 bridgehead atoms. The second-order valence-electron chi connectivity index (χ2n) is 8.60. The number of rotatable bonds is 8. The number of ether oxygens (including phenoxy) is 2. The third-order valence-electron chi connectivity index (χ3n) is 5.28. The van der Waals surface area contributed by atoms with Gasteiger partial charge in [0.1, 0.15) is 29.8 Å². The number of amidine groups is 2. The molecule has 2 aliphatic heterocycles. The number of nitrogens with one attached hydrogen (secondary N) is 1. The molecule has 8 heteroatoms. The number of nitrogens with zero attached hydrogens (tertiary/aromatic N) is 3. The van der Waals surface area contributed by atoms with Gasteiger partial charge >= 0.3 is 0 Å². The molecule has 7 nitrogen and oxygen atoms in total. The van der Waals surface area contributed by atoms with Crippen LogP contribution in [0.3, 0.4) is 0 Å². The van der Waals surface area contributed by atoms with Gasteiger partial charge in [0.05, 0.1) is 5.57 Å². The van der Waals surface area contributed by atoms with Crippen LogP contribution in [0, 0.1) is 25.2 Å². The van der Waals surface area contributed by atoms with Gasteiger partial charge in [0.15, 0.2) is 5.84 Å². The summed E-state index contributed by atoms with van der Waals surface area (Å²) in [6.07, 6.45) is 2.46. The van der Waals surface area contributed by atoms with E-state index >= 15 is 0 Å². The average molecular weight is 477 g/mol. The van der Waals surface area contributed by atoms with Crippen molar-refractivity contribution in [2.24, 2.45) is 16.0 Å². The predicted octanol–water partition coefficient (Wildman–Crippen LogP) is 5.43. The largest absolute Gasteiger partial charge is 0.490 e. The fraction of sp³-hybridized carbons (Fsp3) is 0.308. The highest BCUT2D eigenvalue weighted by atomic mass is 32.2. The Morgan fingerprint density at radius 3 is 2.41 bits per heavy atom. The van der Waals surface area contributed by atoms with E-state index in [4.69, 9.17) is 14.9 Å². The average Bonchev–Trinajstić information content (AvgIpc) is 3.18. The van der Waals surface area contributed by atoms with E-state index in [1.54, 1.807) is 6.08 Å². The number of aryl methyl sites for hydroxylation is 2. The molecule has 2 aromatic rings. The topological polar surface area (TPSA) is 87.3 Å². The van der Waals surface area contributed by atoms with Gasteiger partial charge in [-0.15, -0.1) is 0 Å². The maximum absolute atomic E-state index is 12.6. The molecule has 34 heavy (non-hydrogen) atoms. The van der Waals surface area contributed by atoms with Gasteiger partial charge < -0.3 is 9.47 Å². The first-order valence-electron chi connectivity index (χ1n) is 11.2. The lowest BCUT2D eigenvalue weighted by Crippen LogP contribution is -2.35. The van der Waals surface area contributed by atoms with Crippen LogP contribution in [0.2, 0.25) is 0 Å². The van der Waals surface area contributed by atoms with Crippen molar-refractivity contribution < 1.29 is 14.3 Å². The SMILES string of the molecule is Cc1cccc(C)c1OCCOc1ccc(/C=C2/C(=N)N3N=C(CC(C)C)SC3=NC2=O)cc1. The number of hydrogen-bond donors (Lipinski definition) is 1. The fourth-order valence-electron chi connectivity index (χ4n) is 3.62.